The molecule has 3 heterocycles. The molecule has 4 rings (SSSR count). The first-order valence-electron chi connectivity index (χ1n) is 10.3. The van der Waals surface area contributed by atoms with Crippen molar-refractivity contribution in [1.29, 1.82) is 0 Å². The number of alkyl halides is 3. The van der Waals surface area contributed by atoms with Crippen LogP contribution in [0.5, 0.6) is 0 Å². The number of rotatable bonds is 5. The van der Waals surface area contributed by atoms with Crippen LogP contribution in [0.2, 0.25) is 0 Å². The third kappa shape index (κ3) is 4.85. The number of hydrogen-bond acceptors (Lipinski definition) is 5. The van der Waals surface area contributed by atoms with Gasteiger partial charge in [0, 0.05) is 55.8 Å². The fourth-order valence-electron chi connectivity index (χ4n) is 4.17. The van der Waals surface area contributed by atoms with E-state index in [4.69, 9.17) is 0 Å². The van der Waals surface area contributed by atoms with Gasteiger partial charge in [-0.15, -0.1) is 0 Å². The number of likely N-dealkylation sites (tertiary alicyclic amines) is 1. The molecule has 0 bridgehead atoms. The van der Waals surface area contributed by atoms with Crippen LogP contribution < -0.4 is 5.32 Å². The van der Waals surface area contributed by atoms with E-state index in [2.05, 4.69) is 31.2 Å². The lowest BCUT2D eigenvalue weighted by Crippen LogP contribution is -2.34. The zero-order valence-electron chi connectivity index (χ0n) is 17.2. The first-order valence-corrected chi connectivity index (χ1v) is 10.3. The minimum absolute atomic E-state index is 0.0988. The first kappa shape index (κ1) is 21.2. The third-order valence-electron chi connectivity index (χ3n) is 5.60. The van der Waals surface area contributed by atoms with Crippen LogP contribution in [0.1, 0.15) is 35.6 Å². The molecule has 8 heteroatoms. The van der Waals surface area contributed by atoms with Gasteiger partial charge in [-0.25, -0.2) is 4.98 Å². The highest BCUT2D eigenvalue weighted by Crippen LogP contribution is 2.35. The average Bonchev–Trinajstić information content (AvgIpc) is 2.79. The van der Waals surface area contributed by atoms with Crippen LogP contribution in [-0.4, -0.2) is 40.0 Å². The Labute approximate surface area is 179 Å². The van der Waals surface area contributed by atoms with E-state index in [-0.39, 0.29) is 5.92 Å². The maximum absolute atomic E-state index is 13.2. The van der Waals surface area contributed by atoms with Gasteiger partial charge >= 0.3 is 6.18 Å². The van der Waals surface area contributed by atoms with Crippen molar-refractivity contribution in [2.24, 2.45) is 0 Å². The second kappa shape index (κ2) is 9.01. The topological polar surface area (TPSA) is 53.9 Å². The molecule has 0 amide bonds. The van der Waals surface area contributed by atoms with Crippen molar-refractivity contribution in [3.05, 3.63) is 71.8 Å². The lowest BCUT2D eigenvalue weighted by Gasteiger charge is -2.33. The fraction of sp³-hybridized carbons (Fsp3) is 0.348. The Morgan fingerprint density at radius 3 is 2.71 bits per heavy atom. The fourth-order valence-corrected chi connectivity index (χ4v) is 4.17. The number of aromatic nitrogens is 3. The summed E-state index contributed by atoms with van der Waals surface area (Å²) >= 11 is 0. The summed E-state index contributed by atoms with van der Waals surface area (Å²) in [7, 11) is 1.85. The molecule has 1 N–H and O–H groups in total. The van der Waals surface area contributed by atoms with Gasteiger partial charge in [0.2, 0.25) is 0 Å². The number of benzene rings is 1. The Morgan fingerprint density at radius 2 is 1.90 bits per heavy atom. The van der Waals surface area contributed by atoms with Gasteiger partial charge in [-0.1, -0.05) is 18.2 Å². The van der Waals surface area contributed by atoms with Gasteiger partial charge in [-0.2, -0.15) is 13.2 Å². The highest BCUT2D eigenvalue weighted by Gasteiger charge is 2.31. The van der Waals surface area contributed by atoms with Crippen LogP contribution in [0.3, 0.4) is 0 Å². The van der Waals surface area contributed by atoms with Gasteiger partial charge in [0.15, 0.2) is 0 Å². The summed E-state index contributed by atoms with van der Waals surface area (Å²) in [6.45, 7) is 2.47. The zero-order valence-corrected chi connectivity index (χ0v) is 17.2. The van der Waals surface area contributed by atoms with Crippen LogP contribution in [0.4, 0.5) is 19.0 Å². The lowest BCUT2D eigenvalue weighted by molar-refractivity contribution is -0.137. The van der Waals surface area contributed by atoms with Gasteiger partial charge < -0.3 is 5.32 Å². The molecule has 162 valence electrons. The Bertz CT molecular complexity index is 1040. The van der Waals surface area contributed by atoms with Crippen molar-refractivity contribution in [1.82, 2.24) is 19.9 Å². The van der Waals surface area contributed by atoms with Crippen LogP contribution in [0.15, 0.2) is 55.0 Å². The number of pyridine rings is 1. The zero-order chi connectivity index (χ0) is 21.8. The van der Waals surface area contributed by atoms with Crippen molar-refractivity contribution in [2.45, 2.75) is 31.5 Å². The largest absolute Gasteiger partial charge is 0.416 e. The smallest absolute Gasteiger partial charge is 0.373 e. The molecule has 0 spiro atoms. The molecule has 3 aromatic rings. The molecular formula is C23H24F3N5. The van der Waals surface area contributed by atoms with Crippen LogP contribution in [0.25, 0.3) is 11.3 Å². The molecule has 1 aliphatic rings. The molecule has 1 atom stereocenters. The van der Waals surface area contributed by atoms with E-state index in [1.807, 2.05) is 13.1 Å². The Balaban J connectivity index is 1.59. The van der Waals surface area contributed by atoms with Gasteiger partial charge in [0.05, 0.1) is 17.0 Å². The number of hydrogen-bond donors (Lipinski definition) is 1. The molecule has 0 aliphatic carbocycles. The summed E-state index contributed by atoms with van der Waals surface area (Å²) < 4.78 is 39.6. The highest BCUT2D eigenvalue weighted by molar-refractivity contribution is 5.63. The van der Waals surface area contributed by atoms with E-state index in [9.17, 15) is 13.2 Å². The minimum atomic E-state index is -4.39. The Kier molecular flexibility index (Phi) is 6.18. The molecular weight excluding hydrogens is 403 g/mol. The number of halogens is 3. The number of nitrogens with zero attached hydrogens (tertiary/aromatic N) is 4. The lowest BCUT2D eigenvalue weighted by atomic mass is 9.91. The maximum atomic E-state index is 13.2. The Hall–Kier alpha value is -3.00. The molecule has 1 aliphatic heterocycles. The van der Waals surface area contributed by atoms with E-state index in [0.29, 0.717) is 11.3 Å². The molecule has 1 saturated heterocycles. The number of nitrogens with one attached hydrogen (secondary N) is 1. The summed E-state index contributed by atoms with van der Waals surface area (Å²) in [6.07, 6.45) is 2.43. The first-order chi connectivity index (χ1) is 15.0. The highest BCUT2D eigenvalue weighted by atomic mass is 19.4. The summed E-state index contributed by atoms with van der Waals surface area (Å²) in [5, 5.41) is 3.12. The molecule has 1 fully saturated rings. The van der Waals surface area contributed by atoms with Crippen LogP contribution in [-0.2, 0) is 12.7 Å². The molecule has 2 aromatic heterocycles. The summed E-state index contributed by atoms with van der Waals surface area (Å²) in [4.78, 5) is 15.7. The van der Waals surface area contributed by atoms with E-state index in [1.165, 1.54) is 12.3 Å². The second-order valence-electron chi connectivity index (χ2n) is 7.70. The third-order valence-corrected chi connectivity index (χ3v) is 5.60. The van der Waals surface area contributed by atoms with Crippen molar-refractivity contribution < 1.29 is 13.2 Å². The normalized spacial score (nSPS) is 17.5. The van der Waals surface area contributed by atoms with Crippen molar-refractivity contribution in [3.63, 3.8) is 0 Å². The van der Waals surface area contributed by atoms with Crippen LogP contribution in [0, 0.1) is 0 Å². The number of anilines is 1. The second-order valence-corrected chi connectivity index (χ2v) is 7.70. The van der Waals surface area contributed by atoms with Crippen molar-refractivity contribution in [2.75, 3.05) is 25.5 Å². The molecule has 1 unspecified atom stereocenters. The molecule has 0 saturated carbocycles. The molecule has 1 aromatic carbocycles. The molecule has 31 heavy (non-hydrogen) atoms. The monoisotopic (exact) mass is 427 g/mol. The van der Waals surface area contributed by atoms with Crippen molar-refractivity contribution in [3.8, 4) is 11.3 Å². The standard InChI is InChI=1S/C23H24F3N5/c1-27-22-18(6-3-9-30-22)15-31-12-4-7-17(14-31)21-20(28-10-11-29-21)16-5-2-8-19(13-16)23(24,25)26/h2-3,5-6,8-11,13,17H,4,7,12,14-15H2,1H3,(H,27,30). The van der Waals surface area contributed by atoms with E-state index >= 15 is 0 Å². The Morgan fingerprint density at radius 1 is 1.06 bits per heavy atom. The summed E-state index contributed by atoms with van der Waals surface area (Å²) in [5.74, 6) is 0.954. The SMILES string of the molecule is CNc1ncccc1CN1CCCC(c2nccnc2-c2cccc(C(F)(F)F)c2)C1. The van der Waals surface area contributed by atoms with E-state index in [0.717, 1.165) is 61.7 Å². The van der Waals surface area contributed by atoms with E-state index < -0.39 is 11.7 Å². The van der Waals surface area contributed by atoms with Gasteiger partial charge in [-0.3, -0.25) is 14.9 Å². The van der Waals surface area contributed by atoms with Gasteiger partial charge in [0.1, 0.15) is 5.82 Å². The number of piperidine rings is 1. The predicted molar refractivity (Wildman–Crippen MR) is 114 cm³/mol. The average molecular weight is 427 g/mol. The molecule has 0 radical (unpaired) electrons. The van der Waals surface area contributed by atoms with Gasteiger partial charge in [-0.05, 0) is 37.6 Å². The predicted octanol–water partition coefficient (Wildman–Crippen LogP) is 4.98. The molecule has 5 nitrogen and oxygen atoms in total. The summed E-state index contributed by atoms with van der Waals surface area (Å²) in [5.41, 5.74) is 2.16. The minimum Gasteiger partial charge on any atom is -0.373 e. The summed E-state index contributed by atoms with van der Waals surface area (Å²) in [6, 6.07) is 9.30. The van der Waals surface area contributed by atoms with E-state index in [1.54, 1.807) is 18.5 Å². The quantitative estimate of drug-likeness (QED) is 0.623. The van der Waals surface area contributed by atoms with Gasteiger partial charge in [0.25, 0.3) is 0 Å². The van der Waals surface area contributed by atoms with Crippen molar-refractivity contribution >= 4 is 5.82 Å². The maximum Gasteiger partial charge on any atom is 0.416 e. The van der Waals surface area contributed by atoms with Crippen LogP contribution >= 0.6 is 0 Å².